The molecule has 2 aromatic rings. The fourth-order valence-electron chi connectivity index (χ4n) is 4.06. The summed E-state index contributed by atoms with van der Waals surface area (Å²) in [5, 5.41) is 10.1. The molecular formula is C22H25FO3. The number of halogens is 1. The Bertz CT molecular complexity index is 796. The molecule has 0 aliphatic carbocycles. The molecule has 0 spiro atoms. The van der Waals surface area contributed by atoms with Gasteiger partial charge < -0.3 is 9.84 Å². The number of ether oxygens (including phenoxy) is 1. The molecule has 2 aromatic carbocycles. The number of ketones is 1. The Balaban J connectivity index is 1.71. The summed E-state index contributed by atoms with van der Waals surface area (Å²) in [5.74, 6) is -0.0700. The van der Waals surface area contributed by atoms with E-state index in [9.17, 15) is 14.3 Å². The minimum Gasteiger partial charge on any atom is -0.507 e. The van der Waals surface area contributed by atoms with Crippen LogP contribution in [0.25, 0.3) is 0 Å². The zero-order chi connectivity index (χ0) is 18.9. The number of Topliss-reactive ketones (excluding diaryl/α,β-unsaturated/α-hetero) is 1. The maximum atomic E-state index is 13.1. The number of phenolic OH excluding ortho intramolecular Hbond substituents is 1. The monoisotopic (exact) mass is 356 g/mol. The van der Waals surface area contributed by atoms with Gasteiger partial charge in [-0.1, -0.05) is 25.1 Å². The molecule has 1 aliphatic rings. The second-order valence-corrected chi connectivity index (χ2v) is 7.69. The van der Waals surface area contributed by atoms with E-state index in [1.165, 1.54) is 18.2 Å². The molecule has 1 N–H and O–H groups in total. The van der Waals surface area contributed by atoms with Gasteiger partial charge in [0.15, 0.2) is 5.78 Å². The standard InChI is InChI=1S/C22H25FO3/c1-14(6-4-7-15-10-12-16(23)13-11-15)20-21(25)19-17(24)8-5-9-18(19)26-22(20,2)3/h5,8-14,20,24H,4,6-7H2,1-3H3. The molecule has 0 radical (unpaired) electrons. The van der Waals surface area contributed by atoms with E-state index < -0.39 is 5.60 Å². The highest BCUT2D eigenvalue weighted by atomic mass is 19.1. The van der Waals surface area contributed by atoms with Crippen LogP contribution in [-0.4, -0.2) is 16.5 Å². The molecule has 0 fully saturated rings. The van der Waals surface area contributed by atoms with Gasteiger partial charge in [0.1, 0.15) is 28.5 Å². The molecule has 3 rings (SSSR count). The molecule has 0 amide bonds. The highest BCUT2D eigenvalue weighted by Gasteiger charge is 2.46. The van der Waals surface area contributed by atoms with Gasteiger partial charge in [-0.3, -0.25) is 4.79 Å². The summed E-state index contributed by atoms with van der Waals surface area (Å²) in [6.45, 7) is 5.92. The fraction of sp³-hybridized carbons (Fsp3) is 0.409. The zero-order valence-corrected chi connectivity index (χ0v) is 15.5. The zero-order valence-electron chi connectivity index (χ0n) is 15.5. The second kappa shape index (κ2) is 7.10. The van der Waals surface area contributed by atoms with Crippen LogP contribution in [0.1, 0.15) is 49.5 Å². The predicted molar refractivity (Wildman–Crippen MR) is 99.1 cm³/mol. The van der Waals surface area contributed by atoms with Gasteiger partial charge in [0.05, 0.1) is 5.92 Å². The number of hydrogen-bond acceptors (Lipinski definition) is 3. The molecule has 0 bridgehead atoms. The molecule has 2 unspecified atom stereocenters. The molecule has 1 aliphatic heterocycles. The topological polar surface area (TPSA) is 46.5 Å². The van der Waals surface area contributed by atoms with E-state index in [4.69, 9.17) is 4.74 Å². The number of hydrogen-bond donors (Lipinski definition) is 1. The largest absolute Gasteiger partial charge is 0.507 e. The normalized spacial score (nSPS) is 19.5. The predicted octanol–water partition coefficient (Wildman–Crippen LogP) is 5.16. The first-order chi connectivity index (χ1) is 12.3. The first kappa shape index (κ1) is 18.4. The number of fused-ring (bicyclic) bond motifs is 1. The van der Waals surface area contributed by atoms with Gasteiger partial charge in [-0.2, -0.15) is 0 Å². The van der Waals surface area contributed by atoms with Crippen molar-refractivity contribution in [2.45, 2.75) is 45.6 Å². The van der Waals surface area contributed by atoms with Crippen molar-refractivity contribution >= 4 is 5.78 Å². The summed E-state index contributed by atoms with van der Waals surface area (Å²) in [5.41, 5.74) is 0.752. The maximum Gasteiger partial charge on any atom is 0.177 e. The number of carbonyl (C=O) groups is 1. The van der Waals surface area contributed by atoms with Crippen LogP contribution in [0.4, 0.5) is 4.39 Å². The highest BCUT2D eigenvalue weighted by molar-refractivity contribution is 6.04. The van der Waals surface area contributed by atoms with Gasteiger partial charge in [-0.25, -0.2) is 4.39 Å². The number of phenols is 1. The lowest BCUT2D eigenvalue weighted by Crippen LogP contribution is -2.49. The maximum absolute atomic E-state index is 13.1. The van der Waals surface area contributed by atoms with Crippen LogP contribution >= 0.6 is 0 Å². The summed E-state index contributed by atoms with van der Waals surface area (Å²) in [6.07, 6.45) is 2.60. The fourth-order valence-corrected chi connectivity index (χ4v) is 4.06. The Labute approximate surface area is 153 Å². The molecule has 3 nitrogen and oxygen atoms in total. The van der Waals surface area contributed by atoms with Crippen molar-refractivity contribution in [3.05, 3.63) is 59.4 Å². The van der Waals surface area contributed by atoms with E-state index in [2.05, 4.69) is 6.92 Å². The van der Waals surface area contributed by atoms with Gasteiger partial charge in [0, 0.05) is 0 Å². The Morgan fingerprint density at radius 1 is 1.19 bits per heavy atom. The first-order valence-corrected chi connectivity index (χ1v) is 9.09. The average Bonchev–Trinajstić information content (AvgIpc) is 2.55. The number of carbonyl (C=O) groups excluding carboxylic acids is 1. The van der Waals surface area contributed by atoms with Crippen molar-refractivity contribution < 1.29 is 19.0 Å². The third kappa shape index (κ3) is 3.59. The minimum absolute atomic E-state index is 0.0217. The second-order valence-electron chi connectivity index (χ2n) is 7.69. The summed E-state index contributed by atoms with van der Waals surface area (Å²) >= 11 is 0. The van der Waals surface area contributed by atoms with Crippen LogP contribution in [0.5, 0.6) is 11.5 Å². The van der Waals surface area contributed by atoms with E-state index in [1.807, 2.05) is 13.8 Å². The lowest BCUT2D eigenvalue weighted by atomic mass is 9.72. The number of rotatable bonds is 5. The summed E-state index contributed by atoms with van der Waals surface area (Å²) < 4.78 is 19.0. The number of benzene rings is 2. The lowest BCUT2D eigenvalue weighted by molar-refractivity contribution is 0.00646. The van der Waals surface area contributed by atoms with Crippen LogP contribution < -0.4 is 4.74 Å². The van der Waals surface area contributed by atoms with E-state index in [1.54, 1.807) is 24.3 Å². The SMILES string of the molecule is CC(CCCc1ccc(F)cc1)C1C(=O)c2c(O)cccc2OC1(C)C. The molecule has 2 atom stereocenters. The Hall–Kier alpha value is -2.36. The average molecular weight is 356 g/mol. The van der Waals surface area contributed by atoms with Crippen LogP contribution in [0, 0.1) is 17.7 Å². The van der Waals surface area contributed by atoms with Crippen LogP contribution in [0.15, 0.2) is 42.5 Å². The Kier molecular flexibility index (Phi) is 5.03. The quantitative estimate of drug-likeness (QED) is 0.805. The van der Waals surface area contributed by atoms with Crippen LogP contribution in [0.3, 0.4) is 0 Å². The molecule has 0 saturated heterocycles. The molecule has 0 aromatic heterocycles. The molecule has 138 valence electrons. The van der Waals surface area contributed by atoms with Crippen LogP contribution in [0.2, 0.25) is 0 Å². The van der Waals surface area contributed by atoms with Crippen molar-refractivity contribution in [2.24, 2.45) is 11.8 Å². The first-order valence-electron chi connectivity index (χ1n) is 9.09. The van der Waals surface area contributed by atoms with Gasteiger partial charge in [0.2, 0.25) is 0 Å². The third-order valence-electron chi connectivity index (χ3n) is 5.26. The van der Waals surface area contributed by atoms with Gasteiger partial charge in [0.25, 0.3) is 0 Å². The van der Waals surface area contributed by atoms with Crippen molar-refractivity contribution in [1.82, 2.24) is 0 Å². The molecule has 4 heteroatoms. The number of aryl methyl sites for hydroxylation is 1. The lowest BCUT2D eigenvalue weighted by Gasteiger charge is -2.41. The summed E-state index contributed by atoms with van der Waals surface area (Å²) in [6, 6.07) is 11.5. The van der Waals surface area contributed by atoms with E-state index >= 15 is 0 Å². The molecular weight excluding hydrogens is 331 g/mol. The van der Waals surface area contributed by atoms with Crippen molar-refractivity contribution in [1.29, 1.82) is 0 Å². The van der Waals surface area contributed by atoms with E-state index in [0.29, 0.717) is 11.3 Å². The Morgan fingerprint density at radius 3 is 2.58 bits per heavy atom. The molecule has 0 saturated carbocycles. The van der Waals surface area contributed by atoms with Crippen LogP contribution in [-0.2, 0) is 6.42 Å². The summed E-state index contributed by atoms with van der Waals surface area (Å²) in [4.78, 5) is 13.1. The van der Waals surface area contributed by atoms with Gasteiger partial charge in [-0.15, -0.1) is 0 Å². The van der Waals surface area contributed by atoms with E-state index in [-0.39, 0.29) is 29.2 Å². The Morgan fingerprint density at radius 2 is 1.88 bits per heavy atom. The van der Waals surface area contributed by atoms with Crippen molar-refractivity contribution in [3.8, 4) is 11.5 Å². The van der Waals surface area contributed by atoms with Crippen molar-refractivity contribution in [2.75, 3.05) is 0 Å². The number of aromatic hydroxyl groups is 1. The highest BCUT2D eigenvalue weighted by Crippen LogP contribution is 2.44. The van der Waals surface area contributed by atoms with E-state index in [0.717, 1.165) is 24.8 Å². The van der Waals surface area contributed by atoms with Crippen molar-refractivity contribution in [3.63, 3.8) is 0 Å². The smallest absolute Gasteiger partial charge is 0.177 e. The van der Waals surface area contributed by atoms with Gasteiger partial charge in [-0.05, 0) is 68.9 Å². The molecule has 1 heterocycles. The van der Waals surface area contributed by atoms with Gasteiger partial charge >= 0.3 is 0 Å². The molecule has 26 heavy (non-hydrogen) atoms. The summed E-state index contributed by atoms with van der Waals surface area (Å²) in [7, 11) is 0. The third-order valence-corrected chi connectivity index (χ3v) is 5.26. The minimum atomic E-state index is -0.632.